The minimum absolute atomic E-state index is 0.392. The Morgan fingerprint density at radius 1 is 1.09 bits per heavy atom. The maximum absolute atomic E-state index is 13.2. The number of carbonyl (C=O) groups excluding carboxylic acids is 2. The van der Waals surface area contributed by atoms with E-state index in [-0.39, 0.29) is 0 Å². The van der Waals surface area contributed by atoms with Gasteiger partial charge in [0.05, 0.1) is 12.3 Å². The minimum atomic E-state index is -6.33. The van der Waals surface area contributed by atoms with Gasteiger partial charge in [-0.2, -0.15) is 39.1 Å². The molecular weight excluding hydrogens is 510 g/mol. The molecule has 1 heterocycles. The van der Waals surface area contributed by atoms with Crippen LogP contribution in [0.5, 0.6) is 0 Å². The van der Waals surface area contributed by atoms with E-state index < -0.39 is 89.8 Å². The third-order valence-electron chi connectivity index (χ3n) is 4.48. The number of hydrogen-bond acceptors (Lipinski definition) is 7. The van der Waals surface area contributed by atoms with Gasteiger partial charge in [0.25, 0.3) is 9.84 Å². The number of amides is 2. The molecule has 1 aromatic carbocycles. The van der Waals surface area contributed by atoms with E-state index in [2.05, 4.69) is 4.74 Å². The van der Waals surface area contributed by atoms with Gasteiger partial charge in [0.2, 0.25) is 5.91 Å². The lowest BCUT2D eigenvalue weighted by atomic mass is 10.1. The molecule has 0 N–H and O–H groups in total. The van der Waals surface area contributed by atoms with E-state index in [0.29, 0.717) is 4.90 Å². The number of sulfone groups is 1. The molecule has 1 aliphatic rings. The average molecular weight is 526 g/mol. The average Bonchev–Trinajstić information content (AvgIpc) is 3.02. The number of carbonyl (C=O) groups is 2. The van der Waals surface area contributed by atoms with Gasteiger partial charge < -0.3 is 9.64 Å². The summed E-state index contributed by atoms with van der Waals surface area (Å²) in [7, 11) is -12.2. The summed E-state index contributed by atoms with van der Waals surface area (Å²) in [6.45, 7) is -0.584. The predicted octanol–water partition coefficient (Wildman–Crippen LogP) is 2.53. The third-order valence-corrected chi connectivity index (χ3v) is 7.73. The molecule has 0 bridgehead atoms. The number of rotatable bonds is 6. The summed E-state index contributed by atoms with van der Waals surface area (Å²) < 4.78 is 129. The van der Waals surface area contributed by atoms with Gasteiger partial charge in [0, 0.05) is 13.1 Å². The van der Waals surface area contributed by atoms with Gasteiger partial charge in [0.1, 0.15) is 0 Å². The second-order valence-electron chi connectivity index (χ2n) is 6.57. The van der Waals surface area contributed by atoms with Crippen molar-refractivity contribution in [3.8, 4) is 0 Å². The number of nitrogens with zero attached hydrogens (tertiary/aromatic N) is 2. The van der Waals surface area contributed by atoms with Crippen molar-refractivity contribution in [1.29, 1.82) is 0 Å². The van der Waals surface area contributed by atoms with E-state index in [4.69, 9.17) is 0 Å². The Hall–Kier alpha value is -2.56. The van der Waals surface area contributed by atoms with Crippen LogP contribution in [0.25, 0.3) is 0 Å². The van der Waals surface area contributed by atoms with Crippen LogP contribution in [0.4, 0.5) is 36.8 Å². The molecule has 2 rings (SSSR count). The van der Waals surface area contributed by atoms with Gasteiger partial charge in [-0.3, -0.25) is 4.79 Å². The molecule has 17 heteroatoms. The summed E-state index contributed by atoms with van der Waals surface area (Å²) in [6.07, 6.45) is -2.65. The fourth-order valence-electron chi connectivity index (χ4n) is 2.98. The zero-order valence-corrected chi connectivity index (χ0v) is 18.2. The van der Waals surface area contributed by atoms with E-state index in [1.165, 1.54) is 13.0 Å². The predicted molar refractivity (Wildman–Crippen MR) is 99.7 cm³/mol. The number of sulfonamides is 1. The molecule has 1 saturated heterocycles. The van der Waals surface area contributed by atoms with E-state index in [1.807, 2.05) is 0 Å². The number of ether oxygens (including phenoxy) is 1. The smallest absolute Gasteiger partial charge is 0.449 e. The molecule has 1 atom stereocenters. The Morgan fingerprint density at radius 2 is 1.67 bits per heavy atom. The molecule has 0 radical (unpaired) electrons. The van der Waals surface area contributed by atoms with Crippen LogP contribution in [-0.4, -0.2) is 63.2 Å². The first-order chi connectivity index (χ1) is 15.0. The number of benzene rings is 1. The highest BCUT2D eigenvalue weighted by Crippen LogP contribution is 2.36. The van der Waals surface area contributed by atoms with Crippen molar-refractivity contribution in [3.05, 3.63) is 29.8 Å². The Balaban J connectivity index is 2.48. The highest BCUT2D eigenvalue weighted by molar-refractivity contribution is 7.94. The third kappa shape index (κ3) is 5.02. The molecule has 33 heavy (non-hydrogen) atoms. The van der Waals surface area contributed by atoms with Crippen LogP contribution < -0.4 is 4.31 Å². The van der Waals surface area contributed by atoms with Gasteiger partial charge in [-0.1, -0.05) is 18.2 Å². The van der Waals surface area contributed by atoms with Crippen molar-refractivity contribution in [2.75, 3.05) is 17.5 Å². The van der Waals surface area contributed by atoms with Crippen LogP contribution in [0.2, 0.25) is 0 Å². The van der Waals surface area contributed by atoms with Crippen LogP contribution in [0.1, 0.15) is 18.9 Å². The van der Waals surface area contributed by atoms with E-state index in [9.17, 15) is 52.8 Å². The monoisotopic (exact) mass is 526 g/mol. The fraction of sp³-hybridized carbons (Fsp3) is 0.500. The van der Waals surface area contributed by atoms with Crippen molar-refractivity contribution in [1.82, 2.24) is 4.90 Å². The summed E-state index contributed by atoms with van der Waals surface area (Å²) in [5, 5.41) is -2.45. The molecule has 0 saturated carbocycles. The van der Waals surface area contributed by atoms with Crippen LogP contribution in [0, 0.1) is 0 Å². The fourth-order valence-corrected chi connectivity index (χ4v) is 5.02. The maximum Gasteiger partial charge on any atom is 0.517 e. The second kappa shape index (κ2) is 9.00. The van der Waals surface area contributed by atoms with Crippen LogP contribution >= 0.6 is 0 Å². The quantitative estimate of drug-likeness (QED) is 0.523. The number of likely N-dealkylation sites (tertiary alicyclic amines) is 1. The molecule has 1 fully saturated rings. The van der Waals surface area contributed by atoms with Gasteiger partial charge in [-0.15, -0.1) is 0 Å². The van der Waals surface area contributed by atoms with Gasteiger partial charge in [-0.05, 0) is 25.0 Å². The lowest BCUT2D eigenvalue weighted by molar-refractivity contribution is -0.128. The highest BCUT2D eigenvalue weighted by Gasteiger charge is 2.56. The summed E-state index contributed by atoms with van der Waals surface area (Å²) >= 11 is 0. The molecule has 0 aliphatic carbocycles. The Bertz CT molecular complexity index is 1130. The van der Waals surface area contributed by atoms with Crippen LogP contribution in [-0.2, 0) is 35.9 Å². The largest absolute Gasteiger partial charge is 0.517 e. The molecule has 1 aliphatic heterocycles. The first-order valence-corrected chi connectivity index (χ1v) is 11.9. The van der Waals surface area contributed by atoms with Crippen molar-refractivity contribution in [3.63, 3.8) is 0 Å². The van der Waals surface area contributed by atoms with Crippen LogP contribution in [0.15, 0.2) is 24.3 Å². The van der Waals surface area contributed by atoms with Crippen molar-refractivity contribution in [2.45, 2.75) is 36.2 Å². The van der Waals surface area contributed by atoms with Gasteiger partial charge in [-0.25, -0.2) is 13.2 Å². The second-order valence-corrected chi connectivity index (χ2v) is 10.5. The number of anilines is 1. The summed E-state index contributed by atoms with van der Waals surface area (Å²) in [5.74, 6) is -1.47. The molecule has 0 spiro atoms. The highest BCUT2D eigenvalue weighted by atomic mass is 32.2. The van der Waals surface area contributed by atoms with Gasteiger partial charge >= 0.3 is 27.1 Å². The van der Waals surface area contributed by atoms with Crippen molar-refractivity contribution in [2.24, 2.45) is 0 Å². The summed E-state index contributed by atoms with van der Waals surface area (Å²) in [5.41, 5.74) is -12.9. The SMILES string of the molecule is CCOC(=O)N(c1ccccc1CN1CCC(S(=O)(=O)C(F)(F)F)C1=O)S(=O)(=O)C(F)(F)F. The lowest BCUT2D eigenvalue weighted by Crippen LogP contribution is -2.45. The Labute approximate surface area is 183 Å². The topological polar surface area (TPSA) is 118 Å². The molecule has 9 nitrogen and oxygen atoms in total. The molecular formula is C16H16F6N2O7S2. The molecule has 186 valence electrons. The first kappa shape index (κ1) is 26.7. The molecule has 1 unspecified atom stereocenters. The first-order valence-electron chi connectivity index (χ1n) is 8.92. The number of alkyl halides is 6. The zero-order valence-electron chi connectivity index (χ0n) is 16.6. The number of para-hydroxylation sites is 1. The van der Waals surface area contributed by atoms with Gasteiger partial charge in [0.15, 0.2) is 5.25 Å². The standard InChI is InChI=1S/C16H16F6N2O7S2/c1-2-31-14(26)24(33(29,30)16(20,21)22)11-6-4-3-5-10(11)9-23-8-7-12(13(23)25)32(27,28)15(17,18)19/h3-6,12H,2,7-9H2,1H3. The molecule has 2 amide bonds. The normalized spacial score (nSPS) is 17.8. The molecule has 0 aromatic heterocycles. The van der Waals surface area contributed by atoms with E-state index in [0.717, 1.165) is 18.2 Å². The summed E-state index contributed by atoms with van der Waals surface area (Å²) in [6, 6.07) is 4.08. The van der Waals surface area contributed by atoms with Crippen molar-refractivity contribution >= 4 is 37.5 Å². The minimum Gasteiger partial charge on any atom is -0.449 e. The Morgan fingerprint density at radius 3 is 2.18 bits per heavy atom. The lowest BCUT2D eigenvalue weighted by Gasteiger charge is -2.26. The number of halogens is 6. The maximum atomic E-state index is 13.2. The summed E-state index contributed by atoms with van der Waals surface area (Å²) in [4.78, 5) is 25.1. The Kier molecular flexibility index (Phi) is 7.28. The van der Waals surface area contributed by atoms with Crippen molar-refractivity contribution < 1.29 is 57.5 Å². The number of hydrogen-bond donors (Lipinski definition) is 0. The molecule has 1 aromatic rings. The van der Waals surface area contributed by atoms with E-state index in [1.54, 1.807) is 0 Å². The van der Waals surface area contributed by atoms with Crippen LogP contribution in [0.3, 0.4) is 0 Å². The van der Waals surface area contributed by atoms with E-state index >= 15 is 0 Å². The zero-order chi connectivity index (χ0) is 25.4.